The zero-order valence-electron chi connectivity index (χ0n) is 11.4. The van der Waals surface area contributed by atoms with E-state index in [1.165, 1.54) is 6.07 Å². The third-order valence-corrected chi connectivity index (χ3v) is 1.52. The molecule has 0 amide bonds. The van der Waals surface area contributed by atoms with Crippen molar-refractivity contribution in [3.8, 4) is 11.8 Å². The molecule has 0 atom stereocenters. The minimum atomic E-state index is -0.122. The number of hydrogen-bond acceptors (Lipinski definition) is 1. The molecule has 2 heteroatoms. The van der Waals surface area contributed by atoms with Gasteiger partial charge < -0.3 is 4.98 Å². The molecule has 0 spiro atoms. The predicted octanol–water partition coefficient (Wildman–Crippen LogP) is 3.69. The van der Waals surface area contributed by atoms with Crippen molar-refractivity contribution in [3.05, 3.63) is 71.7 Å². The first-order valence-corrected chi connectivity index (χ1v) is 5.75. The maximum absolute atomic E-state index is 10.7. The van der Waals surface area contributed by atoms with Gasteiger partial charge in [-0.1, -0.05) is 44.4 Å². The maximum atomic E-state index is 10.7. The van der Waals surface area contributed by atoms with Crippen molar-refractivity contribution >= 4 is 0 Å². The molecule has 0 aromatic carbocycles. The van der Waals surface area contributed by atoms with Crippen LogP contribution in [-0.4, -0.2) is 4.98 Å². The topological polar surface area (TPSA) is 32.9 Å². The molecule has 2 nitrogen and oxygen atoms in total. The van der Waals surface area contributed by atoms with E-state index in [0.717, 1.165) is 11.1 Å². The molecule has 1 aromatic heterocycles. The second-order valence-corrected chi connectivity index (χ2v) is 2.72. The summed E-state index contributed by atoms with van der Waals surface area (Å²) in [6.45, 7) is 15.7. The van der Waals surface area contributed by atoms with Crippen molar-refractivity contribution in [1.82, 2.24) is 4.98 Å². The molecule has 0 radical (unpaired) electrons. The number of allylic oxidation sites excluding steroid dienone is 3. The molecule has 0 saturated heterocycles. The van der Waals surface area contributed by atoms with Gasteiger partial charge in [0.25, 0.3) is 0 Å². The molecular weight excluding hydrogens is 222 g/mol. The van der Waals surface area contributed by atoms with Gasteiger partial charge in [0.05, 0.1) is 0 Å². The van der Waals surface area contributed by atoms with E-state index in [0.29, 0.717) is 0 Å². The highest BCUT2D eigenvalue weighted by molar-refractivity contribution is 5.42. The molecule has 0 fully saturated rings. The van der Waals surface area contributed by atoms with Crippen LogP contribution < -0.4 is 5.56 Å². The number of aromatic amines is 1. The van der Waals surface area contributed by atoms with Gasteiger partial charge in [0.1, 0.15) is 0 Å². The molecule has 0 bridgehead atoms. The van der Waals surface area contributed by atoms with Gasteiger partial charge in [-0.3, -0.25) is 4.79 Å². The van der Waals surface area contributed by atoms with E-state index < -0.39 is 0 Å². The fraction of sp³-hybridized carbons (Fsp3) is 0.188. The lowest BCUT2D eigenvalue weighted by atomic mass is 10.2. The van der Waals surface area contributed by atoms with Crippen LogP contribution in [0.2, 0.25) is 0 Å². The molecule has 0 aliphatic heterocycles. The van der Waals surface area contributed by atoms with E-state index in [-0.39, 0.29) is 5.56 Å². The van der Waals surface area contributed by atoms with E-state index in [2.05, 4.69) is 36.6 Å². The van der Waals surface area contributed by atoms with E-state index in [1.54, 1.807) is 12.3 Å². The summed E-state index contributed by atoms with van der Waals surface area (Å²) in [5, 5.41) is 0. The Morgan fingerprint density at radius 2 is 1.94 bits per heavy atom. The van der Waals surface area contributed by atoms with Crippen molar-refractivity contribution in [3.63, 3.8) is 0 Å². The summed E-state index contributed by atoms with van der Waals surface area (Å²) in [5.74, 6) is 5.75. The highest BCUT2D eigenvalue weighted by Crippen LogP contribution is 1.93. The van der Waals surface area contributed by atoms with Crippen molar-refractivity contribution in [2.24, 2.45) is 0 Å². The van der Waals surface area contributed by atoms with Crippen LogP contribution in [0.15, 0.2) is 60.6 Å². The third kappa shape index (κ3) is 8.99. The maximum Gasteiger partial charge on any atom is 0.247 e. The Balaban J connectivity index is 0. The Morgan fingerprint density at radius 3 is 2.39 bits per heavy atom. The summed E-state index contributed by atoms with van der Waals surface area (Å²) in [6, 6.07) is 3.12. The highest BCUT2D eigenvalue weighted by atomic mass is 16.1. The van der Waals surface area contributed by atoms with Gasteiger partial charge >= 0.3 is 0 Å². The van der Waals surface area contributed by atoms with Crippen LogP contribution in [0.3, 0.4) is 0 Å². The summed E-state index contributed by atoms with van der Waals surface area (Å²) in [4.78, 5) is 13.3. The Hall–Kier alpha value is -2.27. The molecule has 1 aromatic rings. The lowest BCUT2D eigenvalue weighted by Gasteiger charge is -1.87. The van der Waals surface area contributed by atoms with Crippen LogP contribution in [0.1, 0.15) is 26.3 Å². The second kappa shape index (κ2) is 12.8. The molecule has 0 unspecified atom stereocenters. The summed E-state index contributed by atoms with van der Waals surface area (Å²) in [7, 11) is 0. The number of pyridine rings is 1. The zero-order chi connectivity index (χ0) is 14.4. The van der Waals surface area contributed by atoms with E-state index in [9.17, 15) is 4.79 Å². The van der Waals surface area contributed by atoms with Gasteiger partial charge in [0.15, 0.2) is 0 Å². The molecule has 18 heavy (non-hydrogen) atoms. The first-order chi connectivity index (χ1) is 8.72. The fourth-order valence-electron chi connectivity index (χ4n) is 0.884. The fourth-order valence-corrected chi connectivity index (χ4v) is 0.884. The molecule has 96 valence electrons. The third-order valence-electron chi connectivity index (χ3n) is 1.52. The average Bonchev–Trinajstić information content (AvgIpc) is 2.43. The normalized spacial score (nSPS) is 7.94. The molecule has 0 aliphatic rings. The molecular formula is C16H21NO. The van der Waals surface area contributed by atoms with Gasteiger partial charge in [-0.05, 0) is 13.0 Å². The smallest absolute Gasteiger partial charge is 0.247 e. The second-order valence-electron chi connectivity index (χ2n) is 2.72. The molecule has 1 N–H and O–H groups in total. The van der Waals surface area contributed by atoms with Crippen molar-refractivity contribution < 1.29 is 0 Å². The van der Waals surface area contributed by atoms with Crippen molar-refractivity contribution in [1.29, 1.82) is 0 Å². The Morgan fingerprint density at radius 1 is 1.33 bits per heavy atom. The first-order valence-electron chi connectivity index (χ1n) is 5.75. The largest absolute Gasteiger partial charge is 0.328 e. The van der Waals surface area contributed by atoms with Crippen LogP contribution >= 0.6 is 0 Å². The van der Waals surface area contributed by atoms with Gasteiger partial charge in [-0.15, -0.1) is 13.2 Å². The quantitative estimate of drug-likeness (QED) is 0.455. The number of nitrogens with one attached hydrogen (secondary N) is 1. The van der Waals surface area contributed by atoms with Crippen LogP contribution in [0.25, 0.3) is 0 Å². The Labute approximate surface area is 110 Å². The lowest BCUT2D eigenvalue weighted by molar-refractivity contribution is 1.23. The number of hydrogen-bond donors (Lipinski definition) is 1. The van der Waals surface area contributed by atoms with Crippen molar-refractivity contribution in [2.45, 2.75) is 20.8 Å². The summed E-state index contributed by atoms with van der Waals surface area (Å²) in [6.07, 6.45) is 5.29. The first kappa shape index (κ1) is 18.1. The number of H-pyrrole nitrogens is 1. The van der Waals surface area contributed by atoms with Crippen LogP contribution in [0, 0.1) is 11.8 Å². The monoisotopic (exact) mass is 243 g/mol. The van der Waals surface area contributed by atoms with Gasteiger partial charge in [-0.2, -0.15) is 0 Å². The van der Waals surface area contributed by atoms with E-state index >= 15 is 0 Å². The minimum absolute atomic E-state index is 0.122. The standard InChI is InChI=1S/C12H11NO.C2H6.C2H4/c1-3-4-10(2)5-6-11-7-8-12(14)13-9-11;2*1-2/h3-4,7-9H,2H2,1H3,(H,13,14);1-2H3;1-2H2/b4-3-;;. The average molecular weight is 243 g/mol. The zero-order valence-corrected chi connectivity index (χ0v) is 11.4. The van der Waals surface area contributed by atoms with E-state index in [4.69, 9.17) is 0 Å². The molecule has 1 rings (SSSR count). The summed E-state index contributed by atoms with van der Waals surface area (Å²) < 4.78 is 0. The van der Waals surface area contributed by atoms with Crippen LogP contribution in [0.4, 0.5) is 0 Å². The molecule has 0 saturated carbocycles. The molecule has 0 aliphatic carbocycles. The van der Waals surface area contributed by atoms with Gasteiger partial charge in [-0.25, -0.2) is 0 Å². The SMILES string of the molecule is C=C.C=C(C#Cc1ccc(=O)[nH]c1)/C=C\C.CC. The summed E-state index contributed by atoms with van der Waals surface area (Å²) in [5.41, 5.74) is 1.40. The van der Waals surface area contributed by atoms with Crippen LogP contribution in [0.5, 0.6) is 0 Å². The van der Waals surface area contributed by atoms with Gasteiger partial charge in [0, 0.05) is 23.4 Å². The van der Waals surface area contributed by atoms with Crippen molar-refractivity contribution in [2.75, 3.05) is 0 Å². The highest BCUT2D eigenvalue weighted by Gasteiger charge is 1.85. The number of aromatic nitrogens is 1. The molecule has 1 heterocycles. The Bertz CT molecular complexity index is 463. The predicted molar refractivity (Wildman–Crippen MR) is 80.5 cm³/mol. The summed E-state index contributed by atoms with van der Waals surface area (Å²) >= 11 is 0. The Kier molecular flexibility index (Phi) is 12.9. The lowest BCUT2D eigenvalue weighted by Crippen LogP contribution is -2.01. The number of rotatable bonds is 1. The van der Waals surface area contributed by atoms with Gasteiger partial charge in [0.2, 0.25) is 5.56 Å². The van der Waals surface area contributed by atoms with Crippen LogP contribution in [-0.2, 0) is 0 Å². The minimum Gasteiger partial charge on any atom is -0.328 e. The van der Waals surface area contributed by atoms with E-state index in [1.807, 2.05) is 32.9 Å².